The molecule has 0 aliphatic rings. The molecular formula is C14H21BrN2OSi. The number of nitrogens with zero attached hydrogens (tertiary/aromatic N) is 2. The van der Waals surface area contributed by atoms with Crippen molar-refractivity contribution in [2.45, 2.75) is 39.3 Å². The summed E-state index contributed by atoms with van der Waals surface area (Å²) in [6, 6.07) is 5.40. The van der Waals surface area contributed by atoms with E-state index in [9.17, 15) is 0 Å². The molecule has 0 N–H and O–H groups in total. The van der Waals surface area contributed by atoms with Gasteiger partial charge in [-0.1, -0.05) is 35.6 Å². The molecular weight excluding hydrogens is 320 g/mol. The van der Waals surface area contributed by atoms with Gasteiger partial charge in [-0.2, -0.15) is 5.10 Å². The first-order valence-corrected chi connectivity index (χ1v) is 11.1. The van der Waals surface area contributed by atoms with E-state index >= 15 is 0 Å². The molecule has 1 aromatic carbocycles. The molecule has 0 amide bonds. The number of halogens is 1. The van der Waals surface area contributed by atoms with Gasteiger partial charge in [0.05, 0.1) is 11.7 Å². The first-order valence-electron chi connectivity index (χ1n) is 6.56. The summed E-state index contributed by atoms with van der Waals surface area (Å²) in [7, 11) is -1.01. The summed E-state index contributed by atoms with van der Waals surface area (Å²) in [6.07, 6.45) is 1.92. The van der Waals surface area contributed by atoms with Gasteiger partial charge >= 0.3 is 0 Å². The van der Waals surface area contributed by atoms with Crippen LogP contribution in [-0.2, 0) is 11.5 Å². The summed E-state index contributed by atoms with van der Waals surface area (Å²) in [5, 5.41) is 5.61. The molecule has 3 nitrogen and oxygen atoms in total. The number of hydrogen-bond donors (Lipinski definition) is 0. The number of rotatable bonds is 5. The van der Waals surface area contributed by atoms with E-state index in [4.69, 9.17) is 4.74 Å². The molecule has 0 bridgehead atoms. The zero-order valence-corrected chi connectivity index (χ0v) is 14.6. The zero-order chi connectivity index (χ0) is 14.0. The Hall–Kier alpha value is -0.653. The van der Waals surface area contributed by atoms with Crippen LogP contribution in [0.3, 0.4) is 0 Å². The summed E-state index contributed by atoms with van der Waals surface area (Å²) in [5.74, 6) is 0. The Balaban J connectivity index is 2.05. The Morgan fingerprint density at radius 3 is 2.74 bits per heavy atom. The van der Waals surface area contributed by atoms with Gasteiger partial charge in [-0.15, -0.1) is 0 Å². The van der Waals surface area contributed by atoms with Crippen molar-refractivity contribution in [1.82, 2.24) is 9.78 Å². The fourth-order valence-corrected chi connectivity index (χ4v) is 3.26. The van der Waals surface area contributed by atoms with Gasteiger partial charge in [0, 0.05) is 24.5 Å². The quantitative estimate of drug-likeness (QED) is 0.595. The second kappa shape index (κ2) is 5.77. The highest BCUT2D eigenvalue weighted by atomic mass is 79.9. The van der Waals surface area contributed by atoms with Gasteiger partial charge in [0.15, 0.2) is 0 Å². The minimum absolute atomic E-state index is 0.532. The highest BCUT2D eigenvalue weighted by Gasteiger charge is 2.12. The maximum Gasteiger partial charge on any atom is 0.139 e. The maximum atomic E-state index is 5.76. The lowest BCUT2D eigenvalue weighted by Crippen LogP contribution is -2.22. The highest BCUT2D eigenvalue weighted by molar-refractivity contribution is 9.10. The topological polar surface area (TPSA) is 27.1 Å². The standard InChI is InChI=1S/C14H21BrN2OSi/c1-11-7-12(15)8-14-13(11)9-16-17(14)10-18-5-6-19(2,3)4/h7-9H,5-6,10H2,1-4H3. The van der Waals surface area contributed by atoms with Crippen molar-refractivity contribution in [3.05, 3.63) is 28.4 Å². The summed E-state index contributed by atoms with van der Waals surface area (Å²) in [5.41, 5.74) is 2.36. The van der Waals surface area contributed by atoms with Crippen LogP contribution in [0, 0.1) is 6.92 Å². The molecule has 19 heavy (non-hydrogen) atoms. The monoisotopic (exact) mass is 340 g/mol. The van der Waals surface area contributed by atoms with Gasteiger partial charge in [-0.05, 0) is 30.7 Å². The first kappa shape index (κ1) is 14.7. The maximum absolute atomic E-state index is 5.76. The summed E-state index contributed by atoms with van der Waals surface area (Å²) >= 11 is 3.53. The van der Waals surface area contributed by atoms with Crippen molar-refractivity contribution in [3.8, 4) is 0 Å². The largest absolute Gasteiger partial charge is 0.360 e. The van der Waals surface area contributed by atoms with Gasteiger partial charge < -0.3 is 4.74 Å². The molecule has 2 rings (SSSR count). The van der Waals surface area contributed by atoms with Crippen LogP contribution in [0.4, 0.5) is 0 Å². The summed E-state index contributed by atoms with van der Waals surface area (Å²) < 4.78 is 8.77. The molecule has 0 spiro atoms. The van der Waals surface area contributed by atoms with Crippen LogP contribution in [-0.4, -0.2) is 24.5 Å². The van der Waals surface area contributed by atoms with Gasteiger partial charge in [-0.25, -0.2) is 4.68 Å². The van der Waals surface area contributed by atoms with E-state index in [1.54, 1.807) is 0 Å². The van der Waals surface area contributed by atoms with Gasteiger partial charge in [0.2, 0.25) is 0 Å². The Morgan fingerprint density at radius 1 is 1.32 bits per heavy atom. The minimum atomic E-state index is -1.01. The second-order valence-corrected chi connectivity index (χ2v) is 12.7. The van der Waals surface area contributed by atoms with Crippen LogP contribution in [0.5, 0.6) is 0 Å². The predicted octanol–water partition coefficient (Wildman–Crippen LogP) is 4.42. The van der Waals surface area contributed by atoms with Crippen LogP contribution in [0.2, 0.25) is 25.7 Å². The molecule has 1 heterocycles. The van der Waals surface area contributed by atoms with E-state index in [0.29, 0.717) is 6.73 Å². The van der Waals surface area contributed by atoms with Crippen LogP contribution in [0.15, 0.2) is 22.8 Å². The van der Waals surface area contributed by atoms with E-state index in [0.717, 1.165) is 16.6 Å². The summed E-state index contributed by atoms with van der Waals surface area (Å²) in [6.45, 7) is 10.5. The van der Waals surface area contributed by atoms with Crippen molar-refractivity contribution < 1.29 is 4.74 Å². The number of aryl methyl sites for hydroxylation is 1. The van der Waals surface area contributed by atoms with E-state index in [-0.39, 0.29) is 0 Å². The highest BCUT2D eigenvalue weighted by Crippen LogP contribution is 2.23. The molecule has 0 saturated heterocycles. The zero-order valence-electron chi connectivity index (χ0n) is 12.0. The molecule has 104 valence electrons. The van der Waals surface area contributed by atoms with E-state index in [2.05, 4.69) is 59.7 Å². The molecule has 0 radical (unpaired) electrons. The molecule has 1 aromatic heterocycles. The molecule has 0 aliphatic heterocycles. The molecule has 0 atom stereocenters. The number of benzene rings is 1. The number of ether oxygens (including phenoxy) is 1. The smallest absolute Gasteiger partial charge is 0.139 e. The lowest BCUT2D eigenvalue weighted by molar-refractivity contribution is 0.0817. The lowest BCUT2D eigenvalue weighted by atomic mass is 10.1. The third-order valence-electron chi connectivity index (χ3n) is 3.14. The normalized spacial score (nSPS) is 12.3. The number of fused-ring (bicyclic) bond motifs is 1. The van der Waals surface area contributed by atoms with Crippen molar-refractivity contribution in [3.63, 3.8) is 0 Å². The van der Waals surface area contributed by atoms with Crippen LogP contribution >= 0.6 is 15.9 Å². The Kier molecular flexibility index (Phi) is 4.48. The van der Waals surface area contributed by atoms with Crippen LogP contribution < -0.4 is 0 Å². The molecule has 0 fully saturated rings. The van der Waals surface area contributed by atoms with E-state index < -0.39 is 8.07 Å². The molecule has 0 unspecified atom stereocenters. The minimum Gasteiger partial charge on any atom is -0.360 e. The fourth-order valence-electron chi connectivity index (χ4n) is 1.94. The van der Waals surface area contributed by atoms with Gasteiger partial charge in [-0.3, -0.25) is 0 Å². The number of aromatic nitrogens is 2. The van der Waals surface area contributed by atoms with Crippen LogP contribution in [0.25, 0.3) is 10.9 Å². The average molecular weight is 341 g/mol. The molecule has 2 aromatic rings. The summed E-state index contributed by atoms with van der Waals surface area (Å²) in [4.78, 5) is 0. The number of hydrogen-bond acceptors (Lipinski definition) is 2. The van der Waals surface area contributed by atoms with Crippen molar-refractivity contribution in [1.29, 1.82) is 0 Å². The van der Waals surface area contributed by atoms with Gasteiger partial charge in [0.25, 0.3) is 0 Å². The third-order valence-corrected chi connectivity index (χ3v) is 5.31. The van der Waals surface area contributed by atoms with Crippen molar-refractivity contribution in [2.75, 3.05) is 6.61 Å². The second-order valence-electron chi connectivity index (χ2n) is 6.15. The Morgan fingerprint density at radius 2 is 2.05 bits per heavy atom. The predicted molar refractivity (Wildman–Crippen MR) is 86.3 cm³/mol. The Bertz CT molecular complexity index is 575. The first-order chi connectivity index (χ1) is 8.87. The van der Waals surface area contributed by atoms with Crippen LogP contribution in [0.1, 0.15) is 5.56 Å². The third kappa shape index (κ3) is 3.90. The van der Waals surface area contributed by atoms with E-state index in [1.807, 2.05) is 10.9 Å². The van der Waals surface area contributed by atoms with Crippen molar-refractivity contribution >= 4 is 34.9 Å². The Labute approximate surface area is 124 Å². The molecule has 0 aliphatic carbocycles. The van der Waals surface area contributed by atoms with Gasteiger partial charge in [0.1, 0.15) is 6.73 Å². The van der Waals surface area contributed by atoms with Crippen molar-refractivity contribution in [2.24, 2.45) is 0 Å². The average Bonchev–Trinajstić information content (AvgIpc) is 2.66. The SMILES string of the molecule is Cc1cc(Br)cc2c1cnn2COCC[Si](C)(C)C. The lowest BCUT2D eigenvalue weighted by Gasteiger charge is -2.15. The molecule has 5 heteroatoms. The van der Waals surface area contributed by atoms with E-state index in [1.165, 1.54) is 17.0 Å². The fraction of sp³-hybridized carbons (Fsp3) is 0.500. The molecule has 0 saturated carbocycles.